The van der Waals surface area contributed by atoms with Crippen LogP contribution in [-0.4, -0.2) is 11.2 Å². The molecule has 0 atom stereocenters. The van der Waals surface area contributed by atoms with Crippen LogP contribution in [0.3, 0.4) is 0 Å². The van der Waals surface area contributed by atoms with Gasteiger partial charge in [0.15, 0.2) is 0 Å². The molecule has 0 spiro atoms. The van der Waals surface area contributed by atoms with Crippen molar-refractivity contribution < 1.29 is 9.90 Å². The Bertz CT molecular complexity index is 1020. The Labute approximate surface area is 175 Å². The van der Waals surface area contributed by atoms with Gasteiger partial charge in [-0.25, -0.2) is 4.79 Å². The minimum atomic E-state index is -1.14. The third kappa shape index (κ3) is 4.75. The highest BCUT2D eigenvalue weighted by Gasteiger charge is 2.11. The molecule has 0 aromatic heterocycles. The smallest absolute Gasteiger partial charge is 0.409 e. The number of aryl methyl sites for hydroxylation is 1. The van der Waals surface area contributed by atoms with Gasteiger partial charge in [0.1, 0.15) is 0 Å². The van der Waals surface area contributed by atoms with E-state index >= 15 is 0 Å². The first-order valence-electron chi connectivity index (χ1n) is 7.96. The Hall–Kier alpha value is -2.21. The molecule has 0 aliphatic carbocycles. The third-order valence-electron chi connectivity index (χ3n) is 3.96. The standard InChI is InChI=1S/C20H15BrCl2N2O2/c1-11-2-4-13(22)9-16(11)15-6-5-14(10-17(15)23)24-18-7-3-12(21)8-19(18)25-20(26)27/h2-10,24-25H,1H3,(H,26,27). The summed E-state index contributed by atoms with van der Waals surface area (Å²) in [5.41, 5.74) is 4.70. The van der Waals surface area contributed by atoms with E-state index in [0.29, 0.717) is 21.4 Å². The average Bonchev–Trinajstić information content (AvgIpc) is 2.59. The molecule has 0 fully saturated rings. The van der Waals surface area contributed by atoms with Gasteiger partial charge in [-0.2, -0.15) is 0 Å². The molecule has 27 heavy (non-hydrogen) atoms. The van der Waals surface area contributed by atoms with E-state index in [1.165, 1.54) is 0 Å². The molecule has 0 bridgehead atoms. The van der Waals surface area contributed by atoms with Gasteiger partial charge in [-0.1, -0.05) is 51.3 Å². The number of carboxylic acid groups (broad SMARTS) is 1. The second-order valence-corrected chi connectivity index (χ2v) is 7.66. The molecule has 0 radical (unpaired) electrons. The van der Waals surface area contributed by atoms with Crippen LogP contribution in [0, 0.1) is 6.92 Å². The summed E-state index contributed by atoms with van der Waals surface area (Å²) < 4.78 is 0.765. The largest absolute Gasteiger partial charge is 0.465 e. The van der Waals surface area contributed by atoms with Crippen LogP contribution in [0.1, 0.15) is 5.56 Å². The summed E-state index contributed by atoms with van der Waals surface area (Å²) in [6, 6.07) is 16.5. The normalized spacial score (nSPS) is 10.5. The van der Waals surface area contributed by atoms with Gasteiger partial charge in [-0.3, -0.25) is 5.32 Å². The number of carbonyl (C=O) groups is 1. The molecule has 3 aromatic carbocycles. The fourth-order valence-corrected chi connectivity index (χ4v) is 3.51. The van der Waals surface area contributed by atoms with Gasteiger partial charge in [0, 0.05) is 20.7 Å². The Balaban J connectivity index is 1.93. The highest BCUT2D eigenvalue weighted by atomic mass is 79.9. The predicted octanol–water partition coefficient (Wildman–Crippen LogP) is 7.56. The molecule has 3 aromatic rings. The summed E-state index contributed by atoms with van der Waals surface area (Å²) in [5.74, 6) is 0. The van der Waals surface area contributed by atoms with Crippen LogP contribution >= 0.6 is 39.1 Å². The first-order chi connectivity index (χ1) is 12.8. The quantitative estimate of drug-likeness (QED) is 0.372. The van der Waals surface area contributed by atoms with Crippen molar-refractivity contribution in [1.29, 1.82) is 0 Å². The van der Waals surface area contributed by atoms with E-state index in [1.807, 2.05) is 43.3 Å². The lowest BCUT2D eigenvalue weighted by atomic mass is 10.0. The predicted molar refractivity (Wildman–Crippen MR) is 116 cm³/mol. The second kappa shape index (κ2) is 8.21. The molecule has 0 saturated heterocycles. The summed E-state index contributed by atoms with van der Waals surface area (Å²) in [5, 5.41) is 15.8. The van der Waals surface area contributed by atoms with E-state index in [-0.39, 0.29) is 0 Å². The molecule has 0 saturated carbocycles. The van der Waals surface area contributed by atoms with Crippen molar-refractivity contribution in [2.45, 2.75) is 6.92 Å². The summed E-state index contributed by atoms with van der Waals surface area (Å²) in [4.78, 5) is 11.0. The van der Waals surface area contributed by atoms with Crippen LogP contribution < -0.4 is 10.6 Å². The second-order valence-electron chi connectivity index (χ2n) is 5.90. The number of hydrogen-bond acceptors (Lipinski definition) is 2. The van der Waals surface area contributed by atoms with E-state index in [9.17, 15) is 4.79 Å². The monoisotopic (exact) mass is 464 g/mol. The lowest BCUT2D eigenvalue weighted by Crippen LogP contribution is -2.09. The zero-order valence-corrected chi connectivity index (χ0v) is 17.3. The first-order valence-corrected chi connectivity index (χ1v) is 9.51. The van der Waals surface area contributed by atoms with Gasteiger partial charge < -0.3 is 10.4 Å². The topological polar surface area (TPSA) is 61.4 Å². The van der Waals surface area contributed by atoms with Crippen molar-refractivity contribution in [3.63, 3.8) is 0 Å². The minimum Gasteiger partial charge on any atom is -0.465 e. The number of amides is 1. The highest BCUT2D eigenvalue weighted by molar-refractivity contribution is 9.10. The number of benzene rings is 3. The van der Waals surface area contributed by atoms with Gasteiger partial charge >= 0.3 is 6.09 Å². The van der Waals surface area contributed by atoms with Crippen LogP contribution in [0.2, 0.25) is 10.0 Å². The van der Waals surface area contributed by atoms with E-state index in [4.69, 9.17) is 28.3 Å². The zero-order chi connectivity index (χ0) is 19.6. The number of halogens is 3. The SMILES string of the molecule is Cc1ccc(Cl)cc1-c1ccc(Nc2ccc(Br)cc2NC(=O)O)cc1Cl. The Morgan fingerprint density at radius 3 is 2.44 bits per heavy atom. The molecular formula is C20H15BrCl2N2O2. The van der Waals surface area contributed by atoms with Gasteiger partial charge in [0.2, 0.25) is 0 Å². The molecule has 0 aliphatic heterocycles. The molecule has 3 rings (SSSR count). The summed E-state index contributed by atoms with van der Waals surface area (Å²) in [6.07, 6.45) is -1.14. The highest BCUT2D eigenvalue weighted by Crippen LogP contribution is 2.36. The van der Waals surface area contributed by atoms with Gasteiger partial charge in [-0.05, 0) is 60.5 Å². The minimum absolute atomic E-state index is 0.433. The van der Waals surface area contributed by atoms with E-state index in [1.54, 1.807) is 18.2 Å². The van der Waals surface area contributed by atoms with Gasteiger partial charge in [0.25, 0.3) is 0 Å². The van der Waals surface area contributed by atoms with Crippen LogP contribution in [-0.2, 0) is 0 Å². The maximum Gasteiger partial charge on any atom is 0.409 e. The number of rotatable bonds is 4. The zero-order valence-electron chi connectivity index (χ0n) is 14.2. The summed E-state index contributed by atoms with van der Waals surface area (Å²) >= 11 is 16.0. The summed E-state index contributed by atoms with van der Waals surface area (Å²) in [7, 11) is 0. The van der Waals surface area contributed by atoms with Crippen molar-refractivity contribution in [2.75, 3.05) is 10.6 Å². The van der Waals surface area contributed by atoms with Crippen molar-refractivity contribution in [3.05, 3.63) is 74.7 Å². The maximum absolute atomic E-state index is 11.0. The molecule has 4 nitrogen and oxygen atoms in total. The Morgan fingerprint density at radius 1 is 0.963 bits per heavy atom. The van der Waals surface area contributed by atoms with Crippen LogP contribution in [0.15, 0.2) is 59.1 Å². The maximum atomic E-state index is 11.0. The average molecular weight is 466 g/mol. The Morgan fingerprint density at radius 2 is 1.74 bits per heavy atom. The Kier molecular flexibility index (Phi) is 5.95. The van der Waals surface area contributed by atoms with Gasteiger partial charge in [-0.15, -0.1) is 0 Å². The summed E-state index contributed by atoms with van der Waals surface area (Å²) in [6.45, 7) is 2.00. The molecule has 0 unspecified atom stereocenters. The molecule has 138 valence electrons. The molecule has 7 heteroatoms. The van der Waals surface area contributed by atoms with Crippen molar-refractivity contribution in [2.24, 2.45) is 0 Å². The molecule has 0 heterocycles. The molecule has 3 N–H and O–H groups in total. The third-order valence-corrected chi connectivity index (χ3v) is 5.00. The molecule has 0 aliphatic rings. The molecule has 1 amide bonds. The molecular weight excluding hydrogens is 451 g/mol. The number of hydrogen-bond donors (Lipinski definition) is 3. The van der Waals surface area contributed by atoms with Crippen molar-refractivity contribution in [3.8, 4) is 11.1 Å². The van der Waals surface area contributed by atoms with Gasteiger partial charge in [0.05, 0.1) is 16.4 Å². The van der Waals surface area contributed by atoms with Crippen LogP contribution in [0.25, 0.3) is 11.1 Å². The van der Waals surface area contributed by atoms with E-state index in [0.717, 1.165) is 26.9 Å². The lowest BCUT2D eigenvalue weighted by molar-refractivity contribution is 0.210. The first kappa shape index (κ1) is 19.5. The van der Waals surface area contributed by atoms with Crippen LogP contribution in [0.4, 0.5) is 21.9 Å². The lowest BCUT2D eigenvalue weighted by Gasteiger charge is -2.14. The fraction of sp³-hybridized carbons (Fsp3) is 0.0500. The fourth-order valence-electron chi connectivity index (χ4n) is 2.70. The van der Waals surface area contributed by atoms with E-state index in [2.05, 4.69) is 26.6 Å². The van der Waals surface area contributed by atoms with Crippen molar-refractivity contribution in [1.82, 2.24) is 0 Å². The van der Waals surface area contributed by atoms with E-state index < -0.39 is 6.09 Å². The number of nitrogens with one attached hydrogen (secondary N) is 2. The van der Waals surface area contributed by atoms with Crippen molar-refractivity contribution >= 4 is 62.3 Å². The van der Waals surface area contributed by atoms with Crippen LogP contribution in [0.5, 0.6) is 0 Å². The number of anilines is 3.